The average Bonchev–Trinajstić information content (AvgIpc) is 3.70. The number of carboxylic acids is 1. The van der Waals surface area contributed by atoms with Gasteiger partial charge >= 0.3 is 12.1 Å². The van der Waals surface area contributed by atoms with Crippen LogP contribution in [0.3, 0.4) is 0 Å². The van der Waals surface area contributed by atoms with E-state index in [0.29, 0.717) is 47.5 Å². The lowest BCUT2D eigenvalue weighted by Crippen LogP contribution is -2.47. The first kappa shape index (κ1) is 35.0. The zero-order chi connectivity index (χ0) is 33.3. The minimum absolute atomic E-state index is 0.174. The van der Waals surface area contributed by atoms with E-state index < -0.39 is 17.7 Å². The second-order valence-electron chi connectivity index (χ2n) is 11.0. The smallest absolute Gasteiger partial charge is 0.419 e. The number of benzene rings is 1. The van der Waals surface area contributed by atoms with E-state index >= 15 is 0 Å². The Morgan fingerprint density at radius 3 is 2.52 bits per heavy atom. The number of thiazole rings is 1. The van der Waals surface area contributed by atoms with Crippen molar-refractivity contribution in [2.24, 2.45) is 0 Å². The van der Waals surface area contributed by atoms with Crippen LogP contribution in [0.15, 0.2) is 30.6 Å². The molecule has 3 aromatic rings. The third kappa shape index (κ3) is 9.13. The minimum atomic E-state index is -4.48. The Labute approximate surface area is 270 Å². The van der Waals surface area contributed by atoms with E-state index in [4.69, 9.17) is 9.84 Å². The number of rotatable bonds is 11. The molecule has 1 unspecified atom stereocenters. The van der Waals surface area contributed by atoms with Gasteiger partial charge in [0.25, 0.3) is 0 Å². The van der Waals surface area contributed by atoms with Crippen LogP contribution in [-0.2, 0) is 17.5 Å². The summed E-state index contributed by atoms with van der Waals surface area (Å²) in [5.74, 6) is -0.191. The summed E-state index contributed by atoms with van der Waals surface area (Å²) < 4.78 is 45.1. The normalized spacial score (nSPS) is 17.3. The van der Waals surface area contributed by atoms with Crippen molar-refractivity contribution in [2.75, 3.05) is 63.6 Å². The summed E-state index contributed by atoms with van der Waals surface area (Å²) in [5.41, 5.74) is 0.617. The van der Waals surface area contributed by atoms with Gasteiger partial charge in [-0.05, 0) is 44.0 Å². The van der Waals surface area contributed by atoms with Crippen LogP contribution in [0.5, 0.6) is 5.75 Å². The average molecular weight is 664 g/mol. The number of aromatic nitrogens is 3. The molecule has 4 heterocycles. The lowest BCUT2D eigenvalue weighted by atomic mass is 10.1. The van der Waals surface area contributed by atoms with Gasteiger partial charge in [0.1, 0.15) is 17.3 Å². The highest BCUT2D eigenvalue weighted by molar-refractivity contribution is 7.16. The number of anilines is 2. The maximum Gasteiger partial charge on any atom is 0.419 e. The number of hydrogen-bond donors (Lipinski definition) is 2. The van der Waals surface area contributed by atoms with Crippen molar-refractivity contribution in [3.63, 3.8) is 0 Å². The van der Waals surface area contributed by atoms with Gasteiger partial charge in [0.05, 0.1) is 37.2 Å². The summed E-state index contributed by atoms with van der Waals surface area (Å²) in [7, 11) is 3.02. The molecule has 0 radical (unpaired) electrons. The van der Waals surface area contributed by atoms with Crippen LogP contribution in [-0.4, -0.2) is 102 Å². The van der Waals surface area contributed by atoms with E-state index in [0.717, 1.165) is 62.3 Å². The van der Waals surface area contributed by atoms with Crippen LogP contribution in [0.2, 0.25) is 0 Å². The molecule has 1 aromatic carbocycles. The van der Waals surface area contributed by atoms with Crippen molar-refractivity contribution in [1.29, 1.82) is 0 Å². The SMILES string of the molecule is CCC1CCCN1Cc1sc(NC)nc1-c1ccc(OC)c(C(F)(F)F)c1.O=Cc1cnc(N2CCN(CCC(=O)O)CC2)cn1. The number of halogens is 3. The summed E-state index contributed by atoms with van der Waals surface area (Å²) in [5, 5.41) is 12.4. The van der Waals surface area contributed by atoms with Gasteiger partial charge in [0.2, 0.25) is 0 Å². The van der Waals surface area contributed by atoms with E-state index in [2.05, 4.69) is 41.9 Å². The number of aldehydes is 1. The second kappa shape index (κ2) is 16.1. The number of hydrogen-bond acceptors (Lipinski definition) is 11. The number of ether oxygens (including phenoxy) is 1. The van der Waals surface area contributed by atoms with E-state index in [1.807, 2.05) is 0 Å². The minimum Gasteiger partial charge on any atom is -0.496 e. The molecule has 46 heavy (non-hydrogen) atoms. The topological polar surface area (TPSA) is 124 Å². The molecule has 0 aliphatic carbocycles. The maximum atomic E-state index is 13.4. The van der Waals surface area contributed by atoms with Gasteiger partial charge < -0.3 is 20.1 Å². The van der Waals surface area contributed by atoms with Crippen LogP contribution < -0.4 is 15.0 Å². The lowest BCUT2D eigenvalue weighted by molar-refractivity contribution is -0.139. The van der Waals surface area contributed by atoms with E-state index in [1.165, 1.54) is 37.1 Å². The molecule has 15 heteroatoms. The standard InChI is InChI=1S/C19H24F3N3OS.C12H16N4O3/c1-4-13-6-5-9-25(13)11-16-17(24-18(23-2)27-16)12-7-8-15(26-3)14(10-12)19(20,21)22;17-9-10-7-14-11(8-13-10)16-5-3-15(4-6-16)2-1-12(18)19/h7-8,10,13H,4-6,9,11H2,1-3H3,(H,23,24);7-9H,1-6H2,(H,18,19). The molecule has 0 bridgehead atoms. The molecular formula is C31H40F3N7O4S. The van der Waals surface area contributed by atoms with Crippen molar-refractivity contribution in [1.82, 2.24) is 24.8 Å². The summed E-state index contributed by atoms with van der Waals surface area (Å²) >= 11 is 1.50. The molecule has 5 rings (SSSR count). The van der Waals surface area contributed by atoms with Crippen LogP contribution in [0.4, 0.5) is 24.1 Å². The van der Waals surface area contributed by atoms with Gasteiger partial charge in [-0.3, -0.25) is 19.4 Å². The highest BCUT2D eigenvalue weighted by Crippen LogP contribution is 2.41. The van der Waals surface area contributed by atoms with Gasteiger partial charge in [-0.1, -0.05) is 6.92 Å². The highest BCUT2D eigenvalue weighted by atomic mass is 32.1. The van der Waals surface area contributed by atoms with Crippen LogP contribution in [0.25, 0.3) is 11.3 Å². The largest absolute Gasteiger partial charge is 0.496 e. The van der Waals surface area contributed by atoms with Crippen LogP contribution in [0.1, 0.15) is 53.5 Å². The Bertz CT molecular complexity index is 1450. The van der Waals surface area contributed by atoms with Crippen molar-refractivity contribution in [3.05, 3.63) is 46.7 Å². The third-order valence-electron chi connectivity index (χ3n) is 8.12. The second-order valence-corrected chi connectivity index (χ2v) is 12.1. The molecule has 11 nitrogen and oxygen atoms in total. The van der Waals surface area contributed by atoms with Gasteiger partial charge in [0, 0.05) is 62.8 Å². The summed E-state index contributed by atoms with van der Waals surface area (Å²) in [6.07, 6.45) is 2.82. The van der Waals surface area contributed by atoms with Crippen LogP contribution >= 0.6 is 11.3 Å². The molecule has 2 aliphatic rings. The number of carbonyl (C=O) groups is 2. The zero-order valence-corrected chi connectivity index (χ0v) is 27.0. The zero-order valence-electron chi connectivity index (χ0n) is 26.2. The summed E-state index contributed by atoms with van der Waals surface area (Å²) in [6, 6.07) is 4.68. The first-order valence-corrected chi connectivity index (χ1v) is 16.0. The van der Waals surface area contributed by atoms with Crippen molar-refractivity contribution >= 4 is 34.5 Å². The molecule has 1 atom stereocenters. The number of carbonyl (C=O) groups excluding carboxylic acids is 1. The van der Waals surface area contributed by atoms with Crippen molar-refractivity contribution < 1.29 is 32.6 Å². The number of nitrogens with one attached hydrogen (secondary N) is 1. The maximum absolute atomic E-state index is 13.4. The molecule has 2 saturated heterocycles. The van der Waals surface area contributed by atoms with E-state index in [1.54, 1.807) is 19.3 Å². The first-order valence-electron chi connectivity index (χ1n) is 15.2. The molecule has 0 amide bonds. The van der Waals surface area contributed by atoms with Gasteiger partial charge in [-0.25, -0.2) is 15.0 Å². The monoisotopic (exact) mass is 663 g/mol. The summed E-state index contributed by atoms with van der Waals surface area (Å²) in [4.78, 5) is 41.3. The summed E-state index contributed by atoms with van der Waals surface area (Å²) in [6.45, 7) is 7.67. The van der Waals surface area contributed by atoms with Gasteiger partial charge in [-0.15, -0.1) is 11.3 Å². The molecule has 0 saturated carbocycles. The number of alkyl halides is 3. The highest BCUT2D eigenvalue weighted by Gasteiger charge is 2.35. The number of piperazine rings is 1. The Morgan fingerprint density at radius 1 is 1.17 bits per heavy atom. The van der Waals surface area contributed by atoms with Crippen LogP contribution in [0, 0.1) is 0 Å². The van der Waals surface area contributed by atoms with Crippen molar-refractivity contribution in [3.8, 4) is 17.0 Å². The third-order valence-corrected chi connectivity index (χ3v) is 9.18. The van der Waals surface area contributed by atoms with E-state index in [9.17, 15) is 22.8 Å². The number of carboxylic acid groups (broad SMARTS) is 1. The Kier molecular flexibility index (Phi) is 12.3. The predicted octanol–water partition coefficient (Wildman–Crippen LogP) is 5.14. The lowest BCUT2D eigenvalue weighted by Gasteiger charge is -2.34. The molecule has 250 valence electrons. The number of nitrogens with zero attached hydrogens (tertiary/aromatic N) is 6. The number of aliphatic carboxylic acids is 1. The molecule has 0 spiro atoms. The Morgan fingerprint density at radius 2 is 1.93 bits per heavy atom. The fraction of sp³-hybridized carbons (Fsp3) is 0.516. The fourth-order valence-corrected chi connectivity index (χ4v) is 6.59. The predicted molar refractivity (Wildman–Crippen MR) is 171 cm³/mol. The Balaban J connectivity index is 0.000000222. The molecule has 2 aliphatic heterocycles. The molecule has 2 N–H and O–H groups in total. The first-order chi connectivity index (χ1) is 22.1. The number of likely N-dealkylation sites (tertiary alicyclic amines) is 1. The quantitative estimate of drug-likeness (QED) is 0.265. The number of methoxy groups -OCH3 is 1. The molecule has 2 fully saturated rings. The van der Waals surface area contributed by atoms with Gasteiger partial charge in [-0.2, -0.15) is 13.2 Å². The Hall–Kier alpha value is -3.82. The van der Waals surface area contributed by atoms with Gasteiger partial charge in [0.15, 0.2) is 11.4 Å². The van der Waals surface area contributed by atoms with Crippen molar-refractivity contribution in [2.45, 2.75) is 51.4 Å². The molecular weight excluding hydrogens is 623 g/mol. The molecule has 2 aromatic heterocycles. The van der Waals surface area contributed by atoms with E-state index in [-0.39, 0.29) is 12.2 Å². The fourth-order valence-electron chi connectivity index (χ4n) is 5.63.